The predicted octanol–water partition coefficient (Wildman–Crippen LogP) is 0.971. The fourth-order valence-corrected chi connectivity index (χ4v) is 1.98. The zero-order chi connectivity index (χ0) is 10.7. The molecule has 0 bridgehead atoms. The minimum Gasteiger partial charge on any atom is -0.338 e. The monoisotopic (exact) mass is 246 g/mol. The molecule has 0 atom stereocenters. The van der Waals surface area contributed by atoms with Gasteiger partial charge in [-0.15, -0.1) is 12.4 Å². The molecule has 0 amide bonds. The van der Waals surface area contributed by atoms with Gasteiger partial charge in [-0.3, -0.25) is 4.90 Å². The summed E-state index contributed by atoms with van der Waals surface area (Å²) in [5.41, 5.74) is 5.65. The Kier molecular flexibility index (Phi) is 5.18. The minimum atomic E-state index is 0. The van der Waals surface area contributed by atoms with Gasteiger partial charge in [0.05, 0.1) is 6.54 Å². The lowest BCUT2D eigenvalue weighted by Gasteiger charge is -2.30. The van der Waals surface area contributed by atoms with Crippen LogP contribution in [-0.4, -0.2) is 34.7 Å². The van der Waals surface area contributed by atoms with Gasteiger partial charge in [-0.05, 0) is 45.3 Å². The zero-order valence-electron chi connectivity index (χ0n) is 9.56. The molecule has 1 aliphatic heterocycles. The molecule has 1 saturated heterocycles. The van der Waals surface area contributed by atoms with E-state index in [1.165, 1.54) is 12.8 Å². The van der Waals surface area contributed by atoms with Crippen molar-refractivity contribution < 1.29 is 4.52 Å². The van der Waals surface area contributed by atoms with Crippen molar-refractivity contribution in [1.82, 2.24) is 15.0 Å². The van der Waals surface area contributed by atoms with Crippen molar-refractivity contribution in [2.24, 2.45) is 11.7 Å². The Morgan fingerprint density at radius 1 is 1.44 bits per heavy atom. The van der Waals surface area contributed by atoms with Crippen molar-refractivity contribution in [2.45, 2.75) is 26.3 Å². The van der Waals surface area contributed by atoms with Gasteiger partial charge < -0.3 is 10.3 Å². The molecule has 2 heterocycles. The van der Waals surface area contributed by atoms with Crippen LogP contribution in [0, 0.1) is 12.8 Å². The van der Waals surface area contributed by atoms with Crippen LogP contribution in [0.25, 0.3) is 0 Å². The lowest BCUT2D eigenvalue weighted by molar-refractivity contribution is 0.161. The van der Waals surface area contributed by atoms with Gasteiger partial charge in [0, 0.05) is 0 Å². The first-order valence-electron chi connectivity index (χ1n) is 5.49. The second-order valence-electron chi connectivity index (χ2n) is 4.19. The van der Waals surface area contributed by atoms with Crippen molar-refractivity contribution in [3.8, 4) is 0 Å². The van der Waals surface area contributed by atoms with Gasteiger partial charge in [0.2, 0.25) is 5.89 Å². The summed E-state index contributed by atoms with van der Waals surface area (Å²) < 4.78 is 5.09. The first-order valence-corrected chi connectivity index (χ1v) is 5.49. The summed E-state index contributed by atoms with van der Waals surface area (Å²) in [5, 5.41) is 3.78. The van der Waals surface area contributed by atoms with E-state index in [4.69, 9.17) is 10.3 Å². The molecule has 0 aromatic carbocycles. The van der Waals surface area contributed by atoms with E-state index >= 15 is 0 Å². The molecule has 1 aliphatic rings. The third-order valence-electron chi connectivity index (χ3n) is 2.97. The van der Waals surface area contributed by atoms with Gasteiger partial charge in [0.1, 0.15) is 0 Å². The van der Waals surface area contributed by atoms with E-state index in [0.717, 1.165) is 32.1 Å². The molecule has 1 aromatic heterocycles. The highest BCUT2D eigenvalue weighted by Crippen LogP contribution is 2.17. The van der Waals surface area contributed by atoms with E-state index in [0.29, 0.717) is 11.7 Å². The van der Waals surface area contributed by atoms with Gasteiger partial charge in [-0.2, -0.15) is 4.98 Å². The van der Waals surface area contributed by atoms with Crippen molar-refractivity contribution in [3.05, 3.63) is 11.7 Å². The van der Waals surface area contributed by atoms with Crippen LogP contribution in [-0.2, 0) is 6.54 Å². The Labute approximate surface area is 102 Å². The van der Waals surface area contributed by atoms with Crippen molar-refractivity contribution in [1.29, 1.82) is 0 Å². The van der Waals surface area contributed by atoms with Crippen molar-refractivity contribution in [2.75, 3.05) is 19.6 Å². The van der Waals surface area contributed by atoms with Crippen LogP contribution in [0.15, 0.2) is 4.52 Å². The summed E-state index contributed by atoms with van der Waals surface area (Å²) >= 11 is 0. The first-order chi connectivity index (χ1) is 7.28. The summed E-state index contributed by atoms with van der Waals surface area (Å²) in [5.74, 6) is 2.13. The Bertz CT molecular complexity index is 310. The number of aryl methyl sites for hydroxylation is 1. The number of nitrogens with zero attached hydrogens (tertiary/aromatic N) is 3. The highest BCUT2D eigenvalue weighted by molar-refractivity contribution is 5.85. The average molecular weight is 247 g/mol. The van der Waals surface area contributed by atoms with E-state index in [-0.39, 0.29) is 12.4 Å². The number of halogens is 1. The SMILES string of the molecule is Cc1noc(CN2CCC(CN)CC2)n1.Cl. The van der Waals surface area contributed by atoms with Crippen LogP contribution in [0.3, 0.4) is 0 Å². The van der Waals surface area contributed by atoms with Gasteiger partial charge in [-0.25, -0.2) is 0 Å². The molecule has 1 aromatic rings. The van der Waals surface area contributed by atoms with Crippen LogP contribution in [0.4, 0.5) is 0 Å². The quantitative estimate of drug-likeness (QED) is 0.861. The fourth-order valence-electron chi connectivity index (χ4n) is 1.98. The molecule has 6 heteroatoms. The fraction of sp³-hybridized carbons (Fsp3) is 0.800. The Balaban J connectivity index is 0.00000128. The number of piperidine rings is 1. The molecule has 5 nitrogen and oxygen atoms in total. The van der Waals surface area contributed by atoms with Crippen LogP contribution in [0.1, 0.15) is 24.6 Å². The Morgan fingerprint density at radius 3 is 2.62 bits per heavy atom. The van der Waals surface area contributed by atoms with Gasteiger partial charge >= 0.3 is 0 Å². The largest absolute Gasteiger partial charge is 0.338 e. The molecular formula is C10H19ClN4O. The summed E-state index contributed by atoms with van der Waals surface area (Å²) in [6, 6.07) is 0. The molecule has 1 fully saturated rings. The maximum atomic E-state index is 5.65. The van der Waals surface area contributed by atoms with E-state index in [1.54, 1.807) is 0 Å². The van der Waals surface area contributed by atoms with Crippen LogP contribution in [0.5, 0.6) is 0 Å². The van der Waals surface area contributed by atoms with Gasteiger partial charge in [0.15, 0.2) is 5.82 Å². The van der Waals surface area contributed by atoms with E-state index in [1.807, 2.05) is 6.92 Å². The van der Waals surface area contributed by atoms with Crippen LogP contribution in [0.2, 0.25) is 0 Å². The maximum absolute atomic E-state index is 5.65. The summed E-state index contributed by atoms with van der Waals surface area (Å²) in [7, 11) is 0. The maximum Gasteiger partial charge on any atom is 0.240 e. The molecule has 0 unspecified atom stereocenters. The zero-order valence-corrected chi connectivity index (χ0v) is 10.4. The summed E-state index contributed by atoms with van der Waals surface area (Å²) in [6.07, 6.45) is 2.37. The molecular weight excluding hydrogens is 228 g/mol. The normalized spacial score (nSPS) is 18.4. The molecule has 0 aliphatic carbocycles. The smallest absolute Gasteiger partial charge is 0.240 e. The standard InChI is InChI=1S/C10H18N4O.ClH/c1-8-12-10(15-13-8)7-14-4-2-9(6-11)3-5-14;/h9H,2-7,11H2,1H3;1H. The molecule has 0 radical (unpaired) electrons. The number of likely N-dealkylation sites (tertiary alicyclic amines) is 1. The van der Waals surface area contributed by atoms with Crippen LogP contribution < -0.4 is 5.73 Å². The minimum absolute atomic E-state index is 0. The summed E-state index contributed by atoms with van der Waals surface area (Å²) in [6.45, 7) is 5.60. The van der Waals surface area contributed by atoms with Crippen molar-refractivity contribution in [3.63, 3.8) is 0 Å². The third-order valence-corrected chi connectivity index (χ3v) is 2.97. The van der Waals surface area contributed by atoms with Gasteiger partial charge in [-0.1, -0.05) is 5.16 Å². The average Bonchev–Trinajstić information content (AvgIpc) is 2.65. The molecule has 0 saturated carbocycles. The second kappa shape index (κ2) is 6.18. The topological polar surface area (TPSA) is 68.2 Å². The highest BCUT2D eigenvalue weighted by Gasteiger charge is 2.19. The lowest BCUT2D eigenvalue weighted by Crippen LogP contribution is -2.35. The lowest BCUT2D eigenvalue weighted by atomic mass is 9.97. The highest BCUT2D eigenvalue weighted by atomic mass is 35.5. The Hall–Kier alpha value is -0.650. The second-order valence-corrected chi connectivity index (χ2v) is 4.19. The number of hydrogen-bond acceptors (Lipinski definition) is 5. The number of nitrogens with two attached hydrogens (primary N) is 1. The molecule has 16 heavy (non-hydrogen) atoms. The molecule has 92 valence electrons. The molecule has 2 N–H and O–H groups in total. The van der Waals surface area contributed by atoms with E-state index in [2.05, 4.69) is 15.0 Å². The number of hydrogen-bond donors (Lipinski definition) is 1. The Morgan fingerprint density at radius 2 is 2.12 bits per heavy atom. The summed E-state index contributed by atoms with van der Waals surface area (Å²) in [4.78, 5) is 6.55. The number of rotatable bonds is 3. The molecule has 0 spiro atoms. The number of aromatic nitrogens is 2. The van der Waals surface area contributed by atoms with Crippen molar-refractivity contribution >= 4 is 12.4 Å². The first kappa shape index (κ1) is 13.4. The third kappa shape index (κ3) is 3.43. The van der Waals surface area contributed by atoms with E-state index in [9.17, 15) is 0 Å². The van der Waals surface area contributed by atoms with Crippen LogP contribution >= 0.6 is 12.4 Å². The molecule has 2 rings (SSSR count). The predicted molar refractivity (Wildman–Crippen MR) is 63.3 cm³/mol. The van der Waals surface area contributed by atoms with Gasteiger partial charge in [0.25, 0.3) is 0 Å². The van der Waals surface area contributed by atoms with E-state index < -0.39 is 0 Å².